The lowest BCUT2D eigenvalue weighted by molar-refractivity contribution is -0.167. The van der Waals surface area contributed by atoms with Gasteiger partial charge >= 0.3 is 17.9 Å². The van der Waals surface area contributed by atoms with Gasteiger partial charge in [-0.1, -0.05) is 253 Å². The molecule has 0 spiro atoms. The van der Waals surface area contributed by atoms with Gasteiger partial charge in [0.25, 0.3) is 0 Å². The number of hydrogen-bond donors (Lipinski definition) is 0. The van der Waals surface area contributed by atoms with Gasteiger partial charge in [-0.15, -0.1) is 0 Å². The molecule has 0 amide bonds. The number of unbranched alkanes of at least 4 members (excludes halogenated alkanes) is 31. The second kappa shape index (κ2) is 45.9. The minimum Gasteiger partial charge on any atom is -0.462 e. The van der Waals surface area contributed by atoms with E-state index < -0.39 is 6.10 Å². The van der Waals surface area contributed by atoms with Crippen LogP contribution in [0.3, 0.4) is 0 Å². The zero-order chi connectivity index (χ0) is 43.3. The van der Waals surface area contributed by atoms with Crippen molar-refractivity contribution in [1.29, 1.82) is 0 Å². The summed E-state index contributed by atoms with van der Waals surface area (Å²) in [6.45, 7) is 11.3. The summed E-state index contributed by atoms with van der Waals surface area (Å²) in [5.74, 6) is 0.775. The van der Waals surface area contributed by atoms with Crippen molar-refractivity contribution < 1.29 is 28.6 Å². The van der Waals surface area contributed by atoms with E-state index in [2.05, 4.69) is 34.6 Å². The van der Waals surface area contributed by atoms with E-state index in [0.717, 1.165) is 69.6 Å². The molecule has 0 N–H and O–H groups in total. The molecule has 0 aliphatic rings. The van der Waals surface area contributed by atoms with E-state index in [0.29, 0.717) is 19.3 Å². The quantitative estimate of drug-likeness (QED) is 0.0345. The van der Waals surface area contributed by atoms with Crippen molar-refractivity contribution in [2.75, 3.05) is 13.2 Å². The molecular formula is C53H102O6. The topological polar surface area (TPSA) is 78.9 Å². The summed E-state index contributed by atoms with van der Waals surface area (Å²) < 4.78 is 16.8. The van der Waals surface area contributed by atoms with Gasteiger partial charge in [0.15, 0.2) is 6.10 Å². The Morgan fingerprint density at radius 2 is 0.644 bits per heavy atom. The first-order chi connectivity index (χ1) is 28.8. The van der Waals surface area contributed by atoms with E-state index in [9.17, 15) is 14.4 Å². The third kappa shape index (κ3) is 45.8. The molecule has 350 valence electrons. The van der Waals surface area contributed by atoms with Crippen LogP contribution in [0.4, 0.5) is 0 Å². The molecule has 0 bridgehead atoms. The van der Waals surface area contributed by atoms with Gasteiger partial charge in [-0.2, -0.15) is 0 Å². The van der Waals surface area contributed by atoms with Crippen LogP contribution in [0.1, 0.15) is 291 Å². The monoisotopic (exact) mass is 835 g/mol. The first-order valence-electron chi connectivity index (χ1n) is 26.3. The Labute approximate surface area is 368 Å². The second-order valence-electron chi connectivity index (χ2n) is 18.9. The number of ether oxygens (including phenoxy) is 3. The van der Waals surface area contributed by atoms with Crippen molar-refractivity contribution in [1.82, 2.24) is 0 Å². The molecule has 59 heavy (non-hydrogen) atoms. The molecule has 0 rings (SSSR count). The molecule has 0 radical (unpaired) electrons. The summed E-state index contributed by atoms with van der Waals surface area (Å²) in [6, 6.07) is 0. The van der Waals surface area contributed by atoms with Crippen LogP contribution in [0.25, 0.3) is 0 Å². The molecule has 6 nitrogen and oxygen atoms in total. The lowest BCUT2D eigenvalue weighted by Crippen LogP contribution is -2.30. The highest BCUT2D eigenvalue weighted by atomic mass is 16.6. The Balaban J connectivity index is 4.23. The van der Waals surface area contributed by atoms with E-state index >= 15 is 0 Å². The van der Waals surface area contributed by atoms with Gasteiger partial charge in [0.1, 0.15) is 13.2 Å². The lowest BCUT2D eigenvalue weighted by Gasteiger charge is -2.18. The van der Waals surface area contributed by atoms with Crippen LogP contribution in [0.2, 0.25) is 0 Å². The largest absolute Gasteiger partial charge is 0.462 e. The van der Waals surface area contributed by atoms with Crippen molar-refractivity contribution >= 4 is 17.9 Å². The molecule has 0 aliphatic carbocycles. The van der Waals surface area contributed by atoms with Gasteiger partial charge in [-0.3, -0.25) is 14.4 Å². The lowest BCUT2D eigenvalue weighted by atomic mass is 9.99. The van der Waals surface area contributed by atoms with Crippen molar-refractivity contribution in [3.63, 3.8) is 0 Å². The van der Waals surface area contributed by atoms with Gasteiger partial charge in [-0.05, 0) is 31.1 Å². The molecule has 2 atom stereocenters. The Morgan fingerprint density at radius 1 is 0.356 bits per heavy atom. The number of carbonyl (C=O) groups excluding carboxylic acids is 3. The molecule has 0 aromatic carbocycles. The first-order valence-corrected chi connectivity index (χ1v) is 26.3. The molecule has 0 saturated heterocycles. The van der Waals surface area contributed by atoms with Gasteiger partial charge in [0.05, 0.1) is 0 Å². The summed E-state index contributed by atoms with van der Waals surface area (Å²) in [5.41, 5.74) is 0. The summed E-state index contributed by atoms with van der Waals surface area (Å²) >= 11 is 0. The third-order valence-corrected chi connectivity index (χ3v) is 12.3. The van der Waals surface area contributed by atoms with Crippen LogP contribution in [-0.4, -0.2) is 37.2 Å². The maximum atomic E-state index is 12.7. The van der Waals surface area contributed by atoms with E-state index in [4.69, 9.17) is 14.2 Å². The van der Waals surface area contributed by atoms with Gasteiger partial charge < -0.3 is 14.2 Å². The van der Waals surface area contributed by atoms with Gasteiger partial charge in [0, 0.05) is 19.3 Å². The predicted molar refractivity (Wildman–Crippen MR) is 252 cm³/mol. The molecule has 0 heterocycles. The minimum absolute atomic E-state index is 0.0649. The van der Waals surface area contributed by atoms with Crippen LogP contribution in [-0.2, 0) is 28.6 Å². The third-order valence-electron chi connectivity index (χ3n) is 12.3. The highest BCUT2D eigenvalue weighted by Crippen LogP contribution is 2.18. The smallest absolute Gasteiger partial charge is 0.306 e. The van der Waals surface area contributed by atoms with Crippen molar-refractivity contribution in [2.24, 2.45) is 11.8 Å². The SMILES string of the molecule is CCCCCCCCCCCCCCCCCCCCC(=O)OC[C@H](COC(=O)CCCCCCCCCCCCC(C)CC)OC(=O)CCCCCCCCC(C)C. The van der Waals surface area contributed by atoms with Gasteiger partial charge in [-0.25, -0.2) is 0 Å². The Bertz CT molecular complexity index is 902. The number of hydrogen-bond acceptors (Lipinski definition) is 6. The summed E-state index contributed by atoms with van der Waals surface area (Å²) in [4.78, 5) is 37.9. The highest BCUT2D eigenvalue weighted by Gasteiger charge is 2.19. The van der Waals surface area contributed by atoms with Crippen LogP contribution in [0.15, 0.2) is 0 Å². The Hall–Kier alpha value is -1.59. The van der Waals surface area contributed by atoms with Crippen LogP contribution >= 0.6 is 0 Å². The summed E-state index contributed by atoms with van der Waals surface area (Å²) in [5, 5.41) is 0. The Kier molecular flexibility index (Phi) is 44.7. The maximum Gasteiger partial charge on any atom is 0.306 e. The average molecular weight is 835 g/mol. The molecule has 0 aromatic heterocycles. The molecular weight excluding hydrogens is 733 g/mol. The second-order valence-corrected chi connectivity index (χ2v) is 18.9. The fourth-order valence-electron chi connectivity index (χ4n) is 7.96. The van der Waals surface area contributed by atoms with E-state index in [1.807, 2.05) is 0 Å². The molecule has 1 unspecified atom stereocenters. The Morgan fingerprint density at radius 3 is 0.966 bits per heavy atom. The normalized spacial score (nSPS) is 12.5. The number of carbonyl (C=O) groups is 3. The van der Waals surface area contributed by atoms with Crippen molar-refractivity contribution in [2.45, 2.75) is 298 Å². The summed E-state index contributed by atoms with van der Waals surface area (Å²) in [6.07, 6.45) is 46.7. The minimum atomic E-state index is -0.762. The molecule has 0 aliphatic heterocycles. The van der Waals surface area contributed by atoms with E-state index in [-0.39, 0.29) is 31.1 Å². The van der Waals surface area contributed by atoms with Crippen LogP contribution in [0, 0.1) is 11.8 Å². The zero-order valence-corrected chi connectivity index (χ0v) is 40.4. The van der Waals surface area contributed by atoms with E-state index in [1.54, 1.807) is 0 Å². The average Bonchev–Trinajstić information content (AvgIpc) is 3.22. The fourth-order valence-corrected chi connectivity index (χ4v) is 7.96. The van der Waals surface area contributed by atoms with Crippen molar-refractivity contribution in [3.05, 3.63) is 0 Å². The standard InChI is InChI=1S/C53H102O6/c1-6-8-9-10-11-12-13-14-15-16-17-18-19-20-24-27-33-38-43-51(54)57-46-50(59-53(56)45-40-35-30-29-31-36-41-48(3)4)47-58-52(55)44-39-34-28-25-22-21-23-26-32-37-42-49(5)7-2/h48-50H,6-47H2,1-5H3/t49?,50-/m1/s1. The summed E-state index contributed by atoms with van der Waals surface area (Å²) in [7, 11) is 0. The maximum absolute atomic E-state index is 12.7. The molecule has 0 fully saturated rings. The molecule has 0 aromatic rings. The highest BCUT2D eigenvalue weighted by molar-refractivity contribution is 5.71. The molecule has 6 heteroatoms. The number of esters is 3. The van der Waals surface area contributed by atoms with Crippen molar-refractivity contribution in [3.8, 4) is 0 Å². The number of rotatable bonds is 47. The van der Waals surface area contributed by atoms with Crippen LogP contribution in [0.5, 0.6) is 0 Å². The van der Waals surface area contributed by atoms with Gasteiger partial charge in [0.2, 0.25) is 0 Å². The predicted octanol–water partition coefficient (Wildman–Crippen LogP) is 16.9. The fraction of sp³-hybridized carbons (Fsp3) is 0.943. The van der Waals surface area contributed by atoms with E-state index in [1.165, 1.54) is 180 Å². The first kappa shape index (κ1) is 57.4. The van der Waals surface area contributed by atoms with Crippen LogP contribution < -0.4 is 0 Å². The zero-order valence-electron chi connectivity index (χ0n) is 40.4. The molecule has 0 saturated carbocycles.